The maximum absolute atomic E-state index is 12.1. The normalized spacial score (nSPS) is 16.8. The van der Waals surface area contributed by atoms with E-state index in [1.807, 2.05) is 25.2 Å². The zero-order chi connectivity index (χ0) is 22.7. The number of carbonyl (C=O) groups excluding carboxylic acids is 1. The van der Waals surface area contributed by atoms with Crippen LogP contribution in [0.25, 0.3) is 0 Å². The topological polar surface area (TPSA) is 119 Å². The summed E-state index contributed by atoms with van der Waals surface area (Å²) in [5, 5.41) is 23.6. The quantitative estimate of drug-likeness (QED) is 0.517. The molecule has 0 aliphatic carbocycles. The third-order valence-electron chi connectivity index (χ3n) is 5.05. The van der Waals surface area contributed by atoms with Crippen molar-refractivity contribution in [3.05, 3.63) is 63.1 Å². The molecule has 1 aliphatic heterocycles. The van der Waals surface area contributed by atoms with Crippen LogP contribution in [-0.2, 0) is 16.1 Å². The summed E-state index contributed by atoms with van der Waals surface area (Å²) in [4.78, 5) is 36.1. The van der Waals surface area contributed by atoms with Crippen LogP contribution in [-0.4, -0.2) is 52.7 Å². The van der Waals surface area contributed by atoms with E-state index in [0.717, 1.165) is 29.8 Å². The lowest BCUT2D eigenvalue weighted by atomic mass is 9.85. The first-order valence-electron chi connectivity index (χ1n) is 9.42. The Morgan fingerprint density at radius 3 is 2.45 bits per heavy atom. The van der Waals surface area contributed by atoms with Crippen molar-refractivity contribution in [3.8, 4) is 0 Å². The van der Waals surface area contributed by atoms with Crippen molar-refractivity contribution in [3.63, 3.8) is 0 Å². The maximum atomic E-state index is 12.1. The number of benzene rings is 2. The Morgan fingerprint density at radius 1 is 1.16 bits per heavy atom. The van der Waals surface area contributed by atoms with Crippen LogP contribution < -0.4 is 10.6 Å². The molecule has 0 radical (unpaired) electrons. The Labute approximate surface area is 188 Å². The van der Waals surface area contributed by atoms with E-state index in [-0.39, 0.29) is 5.92 Å². The number of hydrogen-bond acceptors (Lipinski definition) is 4. The van der Waals surface area contributed by atoms with E-state index in [9.17, 15) is 14.4 Å². The van der Waals surface area contributed by atoms with Gasteiger partial charge in [0.25, 0.3) is 0 Å². The van der Waals surface area contributed by atoms with Gasteiger partial charge in [0.2, 0.25) is 0 Å². The number of anilines is 1. The second-order valence-corrected chi connectivity index (χ2v) is 8.26. The molecule has 0 bridgehead atoms. The number of amides is 2. The number of hydrogen-bond donors (Lipinski definition) is 4. The molecule has 164 valence electrons. The number of urea groups is 1. The number of halogens is 2. The summed E-state index contributed by atoms with van der Waals surface area (Å²) < 4.78 is 0. The van der Waals surface area contributed by atoms with Crippen molar-refractivity contribution >= 4 is 46.9 Å². The molecule has 0 fully saturated rings. The van der Waals surface area contributed by atoms with E-state index in [0.29, 0.717) is 15.7 Å². The summed E-state index contributed by atoms with van der Waals surface area (Å²) in [6.45, 7) is 1.50. The first-order valence-corrected chi connectivity index (χ1v) is 10.2. The number of carboxylic acids is 2. The second kappa shape index (κ2) is 9.55. The number of aliphatic carboxylic acids is 2. The number of nitrogens with zero attached hydrogens (tertiary/aromatic N) is 1. The van der Waals surface area contributed by atoms with Gasteiger partial charge in [-0.05, 0) is 48.0 Å². The minimum atomic E-state index is -1.53. The van der Waals surface area contributed by atoms with E-state index in [4.69, 9.17) is 33.4 Å². The molecule has 1 heterocycles. The van der Waals surface area contributed by atoms with E-state index in [1.54, 1.807) is 18.2 Å². The molecule has 2 atom stereocenters. The van der Waals surface area contributed by atoms with E-state index >= 15 is 0 Å². The van der Waals surface area contributed by atoms with Gasteiger partial charge in [0.1, 0.15) is 6.04 Å². The zero-order valence-corrected chi connectivity index (χ0v) is 18.1. The van der Waals surface area contributed by atoms with E-state index < -0.39 is 30.4 Å². The summed E-state index contributed by atoms with van der Waals surface area (Å²) in [7, 11) is 2.01. The average molecular weight is 466 g/mol. The molecule has 2 aromatic rings. The number of carboxylic acid groups (broad SMARTS) is 2. The van der Waals surface area contributed by atoms with Crippen LogP contribution in [0.2, 0.25) is 10.0 Å². The van der Waals surface area contributed by atoms with Crippen molar-refractivity contribution in [2.75, 3.05) is 18.9 Å². The third-order valence-corrected chi connectivity index (χ3v) is 5.60. The number of likely N-dealkylation sites (N-methyl/N-ethyl adjacent to an activating group) is 1. The molecule has 8 nitrogen and oxygen atoms in total. The predicted molar refractivity (Wildman–Crippen MR) is 117 cm³/mol. The smallest absolute Gasteiger partial charge is 0.326 e. The summed E-state index contributed by atoms with van der Waals surface area (Å²) in [5.41, 5.74) is 3.54. The molecule has 31 heavy (non-hydrogen) atoms. The maximum Gasteiger partial charge on any atom is 0.326 e. The molecule has 2 aromatic carbocycles. The lowest BCUT2D eigenvalue weighted by Gasteiger charge is -2.33. The average Bonchev–Trinajstić information content (AvgIpc) is 2.68. The molecule has 10 heteroatoms. The number of carbonyl (C=O) groups is 3. The summed E-state index contributed by atoms with van der Waals surface area (Å²) in [6, 6.07) is 8.45. The van der Waals surface area contributed by atoms with Gasteiger partial charge in [-0.3, -0.25) is 4.79 Å². The Bertz CT molecular complexity index is 1010. The van der Waals surface area contributed by atoms with Crippen LogP contribution in [0.5, 0.6) is 0 Å². The van der Waals surface area contributed by atoms with Gasteiger partial charge in [0.05, 0.1) is 6.42 Å². The fourth-order valence-electron chi connectivity index (χ4n) is 3.63. The first kappa shape index (κ1) is 22.9. The Hall–Kier alpha value is -2.81. The largest absolute Gasteiger partial charge is 0.481 e. The highest BCUT2D eigenvalue weighted by atomic mass is 35.5. The third kappa shape index (κ3) is 5.66. The van der Waals surface area contributed by atoms with Gasteiger partial charge in [-0.15, -0.1) is 0 Å². The Morgan fingerprint density at radius 2 is 1.84 bits per heavy atom. The first-order chi connectivity index (χ1) is 14.6. The van der Waals surface area contributed by atoms with E-state index in [1.165, 1.54) is 0 Å². The minimum absolute atomic E-state index is 0.0415. The fourth-order valence-corrected chi connectivity index (χ4v) is 4.20. The molecule has 1 unspecified atom stereocenters. The van der Waals surface area contributed by atoms with Crippen LogP contribution in [0.3, 0.4) is 0 Å². The standard InChI is InChI=1S/C21H21Cl2N3O5/c1-26-9-15(14-6-12(22)7-17(23)16(14)10-26)11-2-4-13(5-3-11)24-21(31)25-18(20(29)30)8-19(27)28/h2-7,15,18H,8-10H2,1H3,(H,27,28)(H,29,30)(H2,24,25,31)/t15?,18-/m0/s1. The minimum Gasteiger partial charge on any atom is -0.481 e. The van der Waals surface area contributed by atoms with Crippen molar-refractivity contribution in [2.24, 2.45) is 0 Å². The van der Waals surface area contributed by atoms with Gasteiger partial charge < -0.3 is 25.7 Å². The van der Waals surface area contributed by atoms with Crippen LogP contribution in [0.1, 0.15) is 29.0 Å². The van der Waals surface area contributed by atoms with Crippen LogP contribution >= 0.6 is 23.2 Å². The molecular formula is C21H21Cl2N3O5. The second-order valence-electron chi connectivity index (χ2n) is 7.41. The van der Waals surface area contributed by atoms with Gasteiger partial charge in [-0.2, -0.15) is 0 Å². The van der Waals surface area contributed by atoms with Gasteiger partial charge in [0, 0.05) is 34.7 Å². The molecule has 3 rings (SSSR count). The molecule has 0 aromatic heterocycles. The monoisotopic (exact) mass is 465 g/mol. The summed E-state index contributed by atoms with van der Waals surface area (Å²) >= 11 is 12.6. The lowest BCUT2D eigenvalue weighted by Crippen LogP contribution is -2.44. The van der Waals surface area contributed by atoms with Gasteiger partial charge in [0.15, 0.2) is 0 Å². The molecule has 0 saturated heterocycles. The highest BCUT2D eigenvalue weighted by Gasteiger charge is 2.27. The zero-order valence-electron chi connectivity index (χ0n) is 16.6. The van der Waals surface area contributed by atoms with Crippen molar-refractivity contribution in [1.29, 1.82) is 0 Å². The highest BCUT2D eigenvalue weighted by molar-refractivity contribution is 6.35. The lowest BCUT2D eigenvalue weighted by molar-refractivity contribution is -0.145. The molecule has 4 N–H and O–H groups in total. The summed E-state index contributed by atoms with van der Waals surface area (Å²) in [6.07, 6.45) is -0.721. The fraction of sp³-hybridized carbons (Fsp3) is 0.286. The molecule has 1 aliphatic rings. The van der Waals surface area contributed by atoms with Crippen molar-refractivity contribution in [1.82, 2.24) is 10.2 Å². The van der Waals surface area contributed by atoms with Crippen LogP contribution in [0.4, 0.5) is 10.5 Å². The number of fused-ring (bicyclic) bond motifs is 1. The Balaban J connectivity index is 1.75. The van der Waals surface area contributed by atoms with Gasteiger partial charge >= 0.3 is 18.0 Å². The Kier molecular flexibility index (Phi) is 7.04. The van der Waals surface area contributed by atoms with Gasteiger partial charge in [-0.25, -0.2) is 9.59 Å². The molecule has 0 spiro atoms. The molecular weight excluding hydrogens is 445 g/mol. The SMILES string of the molecule is CN1Cc2c(Cl)cc(Cl)cc2C(c2ccc(NC(=O)N[C@@H](CC(=O)O)C(=O)O)cc2)C1. The van der Waals surface area contributed by atoms with Gasteiger partial charge in [-0.1, -0.05) is 35.3 Å². The van der Waals surface area contributed by atoms with Crippen molar-refractivity contribution < 1.29 is 24.6 Å². The molecule has 0 saturated carbocycles. The predicted octanol–water partition coefficient (Wildman–Crippen LogP) is 3.62. The highest BCUT2D eigenvalue weighted by Crippen LogP contribution is 2.38. The van der Waals surface area contributed by atoms with E-state index in [2.05, 4.69) is 15.5 Å². The van der Waals surface area contributed by atoms with Crippen molar-refractivity contribution in [2.45, 2.75) is 24.9 Å². The van der Waals surface area contributed by atoms with Crippen LogP contribution in [0.15, 0.2) is 36.4 Å². The summed E-state index contributed by atoms with van der Waals surface area (Å²) in [5.74, 6) is -2.71. The number of rotatable bonds is 6. The number of nitrogens with one attached hydrogen (secondary N) is 2. The van der Waals surface area contributed by atoms with Crippen LogP contribution in [0, 0.1) is 0 Å². The molecule has 2 amide bonds.